The van der Waals surface area contributed by atoms with Crippen LogP contribution in [0.3, 0.4) is 0 Å². The van der Waals surface area contributed by atoms with Crippen molar-refractivity contribution >= 4 is 17.4 Å². The van der Waals surface area contributed by atoms with Gasteiger partial charge in [-0.05, 0) is 57.0 Å². The molecule has 150 valence electrons. The summed E-state index contributed by atoms with van der Waals surface area (Å²) >= 11 is 0. The largest absolute Gasteiger partial charge is 0.489 e. The number of aryl methyl sites for hydroxylation is 2. The number of benzene rings is 1. The van der Waals surface area contributed by atoms with Crippen LogP contribution in [0.15, 0.2) is 47.1 Å². The number of anilines is 2. The lowest BCUT2D eigenvalue weighted by Crippen LogP contribution is -2.19. The summed E-state index contributed by atoms with van der Waals surface area (Å²) in [6, 6.07) is 10.9. The molecule has 7 heteroatoms. The number of aromatic nitrogens is 2. The molecule has 0 atom stereocenters. The van der Waals surface area contributed by atoms with Crippen molar-refractivity contribution < 1.29 is 14.1 Å². The van der Waals surface area contributed by atoms with Gasteiger partial charge < -0.3 is 19.5 Å². The van der Waals surface area contributed by atoms with Crippen LogP contribution in [0.25, 0.3) is 0 Å². The van der Waals surface area contributed by atoms with Gasteiger partial charge in [0.25, 0.3) is 5.91 Å². The Kier molecular flexibility index (Phi) is 5.46. The van der Waals surface area contributed by atoms with Crippen molar-refractivity contribution in [2.75, 3.05) is 23.3 Å². The molecule has 1 fully saturated rings. The second-order valence-electron chi connectivity index (χ2n) is 7.17. The molecule has 0 bridgehead atoms. The highest BCUT2D eigenvalue weighted by Crippen LogP contribution is 2.21. The number of rotatable bonds is 6. The first kappa shape index (κ1) is 19.0. The summed E-state index contributed by atoms with van der Waals surface area (Å²) in [6.45, 7) is 6.15. The number of nitrogens with zero attached hydrogens (tertiary/aromatic N) is 3. The highest BCUT2D eigenvalue weighted by Gasteiger charge is 2.14. The fourth-order valence-electron chi connectivity index (χ4n) is 3.39. The third-order valence-electron chi connectivity index (χ3n) is 5.10. The third kappa shape index (κ3) is 4.39. The SMILES string of the molecule is Cc1noc(C)c1COc1cccc(C(=O)Nc2ccc(N3CCCC3)nc2)c1. The third-order valence-corrected chi connectivity index (χ3v) is 5.10. The molecule has 0 radical (unpaired) electrons. The predicted molar refractivity (Wildman–Crippen MR) is 110 cm³/mol. The minimum absolute atomic E-state index is 0.205. The lowest BCUT2D eigenvalue weighted by Gasteiger charge is -2.16. The number of carbonyl (C=O) groups is 1. The van der Waals surface area contributed by atoms with Crippen molar-refractivity contribution in [2.45, 2.75) is 33.3 Å². The molecule has 1 amide bonds. The highest BCUT2D eigenvalue weighted by molar-refractivity contribution is 6.04. The Morgan fingerprint density at radius 3 is 2.72 bits per heavy atom. The van der Waals surface area contributed by atoms with Crippen molar-refractivity contribution in [1.29, 1.82) is 0 Å². The smallest absolute Gasteiger partial charge is 0.255 e. The summed E-state index contributed by atoms with van der Waals surface area (Å²) in [5.41, 5.74) is 2.91. The predicted octanol–water partition coefficient (Wildman–Crippen LogP) is 4.12. The Balaban J connectivity index is 1.39. The van der Waals surface area contributed by atoms with Crippen molar-refractivity contribution in [3.63, 3.8) is 0 Å². The van der Waals surface area contributed by atoms with E-state index in [-0.39, 0.29) is 5.91 Å². The molecule has 7 nitrogen and oxygen atoms in total. The summed E-state index contributed by atoms with van der Waals surface area (Å²) < 4.78 is 11.0. The molecule has 1 N–H and O–H groups in total. The number of carbonyl (C=O) groups excluding carboxylic acids is 1. The molecule has 3 heterocycles. The zero-order valence-corrected chi connectivity index (χ0v) is 16.6. The lowest BCUT2D eigenvalue weighted by molar-refractivity contribution is 0.102. The Hall–Kier alpha value is -3.35. The summed E-state index contributed by atoms with van der Waals surface area (Å²) in [5, 5.41) is 6.81. The average molecular weight is 392 g/mol. The fraction of sp³-hybridized carbons (Fsp3) is 0.318. The van der Waals surface area contributed by atoms with E-state index >= 15 is 0 Å². The standard InChI is InChI=1S/C22H24N4O3/c1-15-20(16(2)29-25-15)14-28-19-7-5-6-17(12-19)22(27)24-18-8-9-21(23-13-18)26-10-3-4-11-26/h5-9,12-13H,3-4,10-11,14H2,1-2H3,(H,24,27). The van der Waals surface area contributed by atoms with E-state index in [2.05, 4.69) is 20.4 Å². The Bertz CT molecular complexity index is 972. The van der Waals surface area contributed by atoms with Crippen LogP contribution >= 0.6 is 0 Å². The van der Waals surface area contributed by atoms with Crippen LogP contribution in [0.5, 0.6) is 5.75 Å². The molecule has 1 aromatic carbocycles. The first-order valence-electron chi connectivity index (χ1n) is 9.77. The summed E-state index contributed by atoms with van der Waals surface area (Å²) in [6.07, 6.45) is 4.10. The minimum atomic E-state index is -0.205. The molecule has 1 saturated heterocycles. The van der Waals surface area contributed by atoms with Crippen LogP contribution in [0.1, 0.15) is 40.2 Å². The van der Waals surface area contributed by atoms with Gasteiger partial charge in [-0.15, -0.1) is 0 Å². The molecular formula is C22H24N4O3. The molecule has 3 aromatic rings. The molecular weight excluding hydrogens is 368 g/mol. The molecule has 0 aliphatic carbocycles. The van der Waals surface area contributed by atoms with Gasteiger partial charge in [0.1, 0.15) is 23.9 Å². The van der Waals surface area contributed by atoms with Gasteiger partial charge in [0, 0.05) is 18.7 Å². The monoisotopic (exact) mass is 392 g/mol. The van der Waals surface area contributed by atoms with E-state index in [1.807, 2.05) is 32.0 Å². The minimum Gasteiger partial charge on any atom is -0.489 e. The van der Waals surface area contributed by atoms with Gasteiger partial charge >= 0.3 is 0 Å². The Morgan fingerprint density at radius 1 is 1.21 bits per heavy atom. The maximum atomic E-state index is 12.6. The van der Waals surface area contributed by atoms with Gasteiger partial charge in [0.05, 0.1) is 23.1 Å². The Morgan fingerprint density at radius 2 is 2.03 bits per heavy atom. The van der Waals surface area contributed by atoms with E-state index in [1.54, 1.807) is 24.4 Å². The van der Waals surface area contributed by atoms with E-state index in [9.17, 15) is 4.79 Å². The fourth-order valence-corrected chi connectivity index (χ4v) is 3.39. The van der Waals surface area contributed by atoms with E-state index in [1.165, 1.54) is 12.8 Å². The van der Waals surface area contributed by atoms with Crippen LogP contribution in [-0.2, 0) is 6.61 Å². The molecule has 0 saturated carbocycles. The molecule has 0 unspecified atom stereocenters. The molecule has 2 aromatic heterocycles. The highest BCUT2D eigenvalue weighted by atomic mass is 16.5. The lowest BCUT2D eigenvalue weighted by atomic mass is 10.2. The zero-order valence-electron chi connectivity index (χ0n) is 16.6. The van der Waals surface area contributed by atoms with Gasteiger partial charge in [-0.2, -0.15) is 0 Å². The second-order valence-corrected chi connectivity index (χ2v) is 7.17. The summed E-state index contributed by atoms with van der Waals surface area (Å²) in [4.78, 5) is 19.3. The molecule has 4 rings (SSSR count). The zero-order chi connectivity index (χ0) is 20.2. The van der Waals surface area contributed by atoms with Crippen LogP contribution in [-0.4, -0.2) is 29.1 Å². The van der Waals surface area contributed by atoms with E-state index in [0.29, 0.717) is 23.6 Å². The number of amides is 1. The van der Waals surface area contributed by atoms with Gasteiger partial charge in [-0.25, -0.2) is 4.98 Å². The van der Waals surface area contributed by atoms with Gasteiger partial charge in [0.15, 0.2) is 0 Å². The maximum Gasteiger partial charge on any atom is 0.255 e. The van der Waals surface area contributed by atoms with Crippen LogP contribution < -0.4 is 15.0 Å². The van der Waals surface area contributed by atoms with Crippen molar-refractivity contribution in [1.82, 2.24) is 10.1 Å². The van der Waals surface area contributed by atoms with Gasteiger partial charge in [0.2, 0.25) is 0 Å². The molecule has 1 aliphatic rings. The number of hydrogen-bond acceptors (Lipinski definition) is 6. The van der Waals surface area contributed by atoms with Crippen LogP contribution in [0.2, 0.25) is 0 Å². The van der Waals surface area contributed by atoms with Crippen molar-refractivity contribution in [3.8, 4) is 5.75 Å². The van der Waals surface area contributed by atoms with Crippen molar-refractivity contribution in [2.24, 2.45) is 0 Å². The number of hydrogen-bond donors (Lipinski definition) is 1. The molecule has 1 aliphatic heterocycles. The van der Waals surface area contributed by atoms with E-state index in [4.69, 9.17) is 9.26 Å². The molecule has 0 spiro atoms. The first-order chi connectivity index (χ1) is 14.1. The number of ether oxygens (including phenoxy) is 1. The number of nitrogens with one attached hydrogen (secondary N) is 1. The Labute approximate surface area is 169 Å². The topological polar surface area (TPSA) is 80.5 Å². The van der Waals surface area contributed by atoms with Crippen molar-refractivity contribution in [3.05, 3.63) is 65.2 Å². The second kappa shape index (κ2) is 8.34. The van der Waals surface area contributed by atoms with Crippen LogP contribution in [0.4, 0.5) is 11.5 Å². The first-order valence-corrected chi connectivity index (χ1v) is 9.77. The number of pyridine rings is 1. The average Bonchev–Trinajstić information content (AvgIpc) is 3.38. The molecule has 29 heavy (non-hydrogen) atoms. The normalized spacial score (nSPS) is 13.5. The quantitative estimate of drug-likeness (QED) is 0.680. The van der Waals surface area contributed by atoms with Gasteiger partial charge in [-0.3, -0.25) is 4.79 Å². The van der Waals surface area contributed by atoms with Crippen LogP contribution in [0, 0.1) is 13.8 Å². The van der Waals surface area contributed by atoms with E-state index < -0.39 is 0 Å². The van der Waals surface area contributed by atoms with Gasteiger partial charge in [-0.1, -0.05) is 11.2 Å². The summed E-state index contributed by atoms with van der Waals surface area (Å²) in [5.74, 6) is 2.10. The maximum absolute atomic E-state index is 12.6. The van der Waals surface area contributed by atoms with E-state index in [0.717, 1.165) is 35.9 Å². The summed E-state index contributed by atoms with van der Waals surface area (Å²) in [7, 11) is 0.